The van der Waals surface area contributed by atoms with Gasteiger partial charge in [-0.05, 0) is 30.7 Å². The molecular formula is C19H17F2N7O. The van der Waals surface area contributed by atoms with E-state index in [2.05, 4.69) is 20.2 Å². The zero-order chi connectivity index (χ0) is 20.1. The molecule has 8 nitrogen and oxygen atoms in total. The molecule has 0 saturated heterocycles. The van der Waals surface area contributed by atoms with Gasteiger partial charge < -0.3 is 9.88 Å². The minimum atomic E-state index is -2.90. The third-order valence-corrected chi connectivity index (χ3v) is 5.27. The number of nitrogens with zero attached hydrogens (tertiary/aromatic N) is 6. The molecule has 1 aliphatic rings. The minimum absolute atomic E-state index is 0.163. The molecule has 148 valence electrons. The molecule has 1 aliphatic heterocycles. The van der Waals surface area contributed by atoms with Crippen LogP contribution < -0.4 is 0 Å². The van der Waals surface area contributed by atoms with E-state index in [0.29, 0.717) is 29.0 Å². The second kappa shape index (κ2) is 6.50. The Morgan fingerprint density at radius 2 is 2.21 bits per heavy atom. The van der Waals surface area contributed by atoms with E-state index in [9.17, 15) is 13.6 Å². The van der Waals surface area contributed by atoms with Crippen molar-refractivity contribution < 1.29 is 13.6 Å². The molecule has 0 radical (unpaired) electrons. The van der Waals surface area contributed by atoms with Gasteiger partial charge in [-0.25, -0.2) is 9.50 Å². The number of carbonyl (C=O) groups excluding carboxylic acids is 1. The maximum Gasteiger partial charge on any atom is 0.333 e. The number of aromatic amines is 1. The molecule has 0 saturated carbocycles. The first-order chi connectivity index (χ1) is 14.0. The highest BCUT2D eigenvalue weighted by atomic mass is 19.3. The lowest BCUT2D eigenvalue weighted by atomic mass is 9.99. The summed E-state index contributed by atoms with van der Waals surface area (Å²) in [5.74, 6) is -0.532. The second-order valence-corrected chi connectivity index (χ2v) is 6.95. The van der Waals surface area contributed by atoms with Crippen molar-refractivity contribution in [3.63, 3.8) is 0 Å². The lowest BCUT2D eigenvalue weighted by Crippen LogP contribution is -2.41. The van der Waals surface area contributed by atoms with Crippen LogP contribution in [0.5, 0.6) is 0 Å². The number of halogens is 2. The maximum atomic E-state index is 13.3. The molecule has 0 aliphatic carbocycles. The fourth-order valence-electron chi connectivity index (χ4n) is 3.89. The van der Waals surface area contributed by atoms with Gasteiger partial charge in [-0.3, -0.25) is 4.79 Å². The Kier molecular flexibility index (Phi) is 3.93. The molecule has 5 rings (SSSR count). The van der Waals surface area contributed by atoms with Crippen molar-refractivity contribution in [3.8, 4) is 0 Å². The van der Waals surface area contributed by atoms with Crippen LogP contribution in [0.1, 0.15) is 45.7 Å². The zero-order valence-electron chi connectivity index (χ0n) is 15.5. The molecule has 0 fully saturated rings. The summed E-state index contributed by atoms with van der Waals surface area (Å²) in [6.45, 7) is -0.572. The fourth-order valence-corrected chi connectivity index (χ4v) is 3.89. The van der Waals surface area contributed by atoms with Crippen molar-refractivity contribution in [2.75, 3.05) is 6.54 Å². The summed E-state index contributed by atoms with van der Waals surface area (Å²) < 4.78 is 28.7. The molecule has 1 amide bonds. The topological polar surface area (TPSA) is 84.1 Å². The van der Waals surface area contributed by atoms with Crippen molar-refractivity contribution in [3.05, 3.63) is 71.3 Å². The number of aryl methyl sites for hydroxylation is 1. The highest BCUT2D eigenvalue weighted by molar-refractivity contribution is 5.93. The van der Waals surface area contributed by atoms with Crippen LogP contribution >= 0.6 is 0 Å². The number of aromatic nitrogens is 6. The Morgan fingerprint density at radius 3 is 3.00 bits per heavy atom. The number of amides is 1. The first-order valence-corrected chi connectivity index (χ1v) is 9.14. The van der Waals surface area contributed by atoms with E-state index in [4.69, 9.17) is 0 Å². The molecule has 0 aromatic carbocycles. The van der Waals surface area contributed by atoms with Gasteiger partial charge in [-0.15, -0.1) is 0 Å². The highest BCUT2D eigenvalue weighted by Gasteiger charge is 2.37. The molecule has 1 atom stereocenters. The standard InChI is InChI=1S/C19H17F2N7O/c1-11-3-2-7-27-15(11)9-13(25-27)17-16-12(22-10-23-16)5-8-26(17)18(29)14-4-6-24-28(14)19(20)21/h2-4,6-7,9-10,17,19H,5,8H2,1H3,(H,22,23). The predicted molar refractivity (Wildman–Crippen MR) is 98.6 cm³/mol. The van der Waals surface area contributed by atoms with Gasteiger partial charge in [0.1, 0.15) is 11.7 Å². The Bertz CT molecular complexity index is 1210. The number of pyridine rings is 1. The zero-order valence-corrected chi connectivity index (χ0v) is 15.5. The number of imidazole rings is 1. The molecule has 1 unspecified atom stereocenters. The number of hydrogen-bond acceptors (Lipinski definition) is 4. The van der Waals surface area contributed by atoms with Gasteiger partial charge in [0, 0.05) is 31.1 Å². The Balaban J connectivity index is 1.63. The average molecular weight is 397 g/mol. The number of H-pyrrole nitrogens is 1. The van der Waals surface area contributed by atoms with Crippen LogP contribution in [-0.4, -0.2) is 46.7 Å². The van der Waals surface area contributed by atoms with Gasteiger partial charge in [0.15, 0.2) is 0 Å². The van der Waals surface area contributed by atoms with Crippen LogP contribution in [0.25, 0.3) is 5.52 Å². The summed E-state index contributed by atoms with van der Waals surface area (Å²) in [6.07, 6.45) is 5.16. The number of rotatable bonds is 3. The summed E-state index contributed by atoms with van der Waals surface area (Å²) in [7, 11) is 0. The van der Waals surface area contributed by atoms with Crippen molar-refractivity contribution in [1.29, 1.82) is 0 Å². The molecular weight excluding hydrogens is 380 g/mol. The van der Waals surface area contributed by atoms with E-state index >= 15 is 0 Å². The summed E-state index contributed by atoms with van der Waals surface area (Å²) in [6, 6.07) is 6.50. The fraction of sp³-hybridized carbons (Fsp3) is 0.263. The third-order valence-electron chi connectivity index (χ3n) is 5.27. The number of nitrogens with one attached hydrogen (secondary N) is 1. The summed E-state index contributed by atoms with van der Waals surface area (Å²) >= 11 is 0. The monoisotopic (exact) mass is 397 g/mol. The van der Waals surface area contributed by atoms with Gasteiger partial charge in [0.25, 0.3) is 5.91 Å². The van der Waals surface area contributed by atoms with Crippen LogP contribution in [0.4, 0.5) is 8.78 Å². The third kappa shape index (κ3) is 2.71. The van der Waals surface area contributed by atoms with Gasteiger partial charge in [0.2, 0.25) is 0 Å². The van der Waals surface area contributed by atoms with Crippen LogP contribution in [-0.2, 0) is 6.42 Å². The smallest absolute Gasteiger partial charge is 0.333 e. The van der Waals surface area contributed by atoms with Crippen LogP contribution in [0.2, 0.25) is 0 Å². The van der Waals surface area contributed by atoms with E-state index in [-0.39, 0.29) is 5.69 Å². The molecule has 4 aromatic heterocycles. The van der Waals surface area contributed by atoms with Gasteiger partial charge >= 0.3 is 6.55 Å². The first kappa shape index (κ1) is 17.5. The molecule has 29 heavy (non-hydrogen) atoms. The second-order valence-electron chi connectivity index (χ2n) is 6.95. The predicted octanol–water partition coefficient (Wildman–Crippen LogP) is 2.75. The number of hydrogen-bond donors (Lipinski definition) is 1. The Labute approximate surface area is 163 Å². The SMILES string of the molecule is Cc1cccn2nc(C3c4nc[nH]c4CCN3C(=O)c3ccnn3C(F)F)cc12. The van der Waals surface area contributed by atoms with E-state index in [1.807, 2.05) is 31.3 Å². The molecule has 0 bridgehead atoms. The molecule has 10 heteroatoms. The van der Waals surface area contributed by atoms with Gasteiger partial charge in [0.05, 0.1) is 23.2 Å². The van der Waals surface area contributed by atoms with Gasteiger partial charge in [-0.1, -0.05) is 6.07 Å². The molecule has 0 spiro atoms. The number of fused-ring (bicyclic) bond motifs is 2. The maximum absolute atomic E-state index is 13.3. The van der Waals surface area contributed by atoms with Crippen LogP contribution in [0, 0.1) is 6.92 Å². The summed E-state index contributed by atoms with van der Waals surface area (Å²) in [5, 5.41) is 8.23. The summed E-state index contributed by atoms with van der Waals surface area (Å²) in [4.78, 5) is 22.3. The molecule has 1 N–H and O–H groups in total. The van der Waals surface area contributed by atoms with Gasteiger partial charge in [-0.2, -0.15) is 23.7 Å². The van der Waals surface area contributed by atoms with Crippen molar-refractivity contribution in [2.24, 2.45) is 0 Å². The van der Waals surface area contributed by atoms with E-state index < -0.39 is 18.5 Å². The van der Waals surface area contributed by atoms with E-state index in [1.54, 1.807) is 10.8 Å². The van der Waals surface area contributed by atoms with Crippen LogP contribution in [0.3, 0.4) is 0 Å². The van der Waals surface area contributed by atoms with E-state index in [1.165, 1.54) is 17.2 Å². The lowest BCUT2D eigenvalue weighted by molar-refractivity contribution is 0.0441. The minimum Gasteiger partial charge on any atom is -0.348 e. The van der Waals surface area contributed by atoms with E-state index in [0.717, 1.165) is 16.8 Å². The largest absolute Gasteiger partial charge is 0.348 e. The van der Waals surface area contributed by atoms with Crippen molar-refractivity contribution in [2.45, 2.75) is 25.9 Å². The number of carbonyl (C=O) groups is 1. The van der Waals surface area contributed by atoms with Crippen molar-refractivity contribution >= 4 is 11.4 Å². The summed E-state index contributed by atoms with van der Waals surface area (Å²) in [5.41, 5.74) is 4.00. The Morgan fingerprint density at radius 1 is 1.34 bits per heavy atom. The lowest BCUT2D eigenvalue weighted by Gasteiger charge is -2.33. The van der Waals surface area contributed by atoms with Crippen molar-refractivity contribution in [1.82, 2.24) is 34.3 Å². The quantitative estimate of drug-likeness (QED) is 0.576. The normalized spacial score (nSPS) is 16.6. The highest BCUT2D eigenvalue weighted by Crippen LogP contribution is 2.34. The average Bonchev–Trinajstić information content (AvgIpc) is 3.44. The Hall–Kier alpha value is -3.56. The van der Waals surface area contributed by atoms with Crippen LogP contribution in [0.15, 0.2) is 43.0 Å². The molecule has 5 heterocycles. The molecule has 4 aromatic rings. The first-order valence-electron chi connectivity index (χ1n) is 9.14. The number of alkyl halides is 2.